The Bertz CT molecular complexity index is 1100. The molecule has 0 fully saturated rings. The van der Waals surface area contributed by atoms with Crippen LogP contribution in [0.5, 0.6) is 0 Å². The van der Waals surface area contributed by atoms with Gasteiger partial charge < -0.3 is 4.98 Å². The molecule has 0 radical (unpaired) electrons. The summed E-state index contributed by atoms with van der Waals surface area (Å²) in [5, 5.41) is -0.106. The van der Waals surface area contributed by atoms with Crippen molar-refractivity contribution in [1.82, 2.24) is 14.9 Å². The fourth-order valence-electron chi connectivity index (χ4n) is 3.41. The first kappa shape index (κ1) is 18.8. The molecule has 3 aromatic rings. The van der Waals surface area contributed by atoms with Crippen LogP contribution in [0.2, 0.25) is 5.02 Å². The zero-order valence-electron chi connectivity index (χ0n) is 15.2. The molecule has 4 rings (SSSR count). The van der Waals surface area contributed by atoms with E-state index in [1.54, 1.807) is 0 Å². The molecule has 0 unspecified atom stereocenters. The van der Waals surface area contributed by atoms with Gasteiger partial charge >= 0.3 is 0 Å². The van der Waals surface area contributed by atoms with Crippen LogP contribution in [-0.2, 0) is 19.5 Å². The average Bonchev–Trinajstić information content (AvgIpc) is 2.68. The Morgan fingerprint density at radius 1 is 1.18 bits per heavy atom. The quantitative estimate of drug-likeness (QED) is 0.668. The Labute approximate surface area is 165 Å². The van der Waals surface area contributed by atoms with E-state index in [9.17, 15) is 13.6 Å². The third-order valence-electron chi connectivity index (χ3n) is 5.00. The fourth-order valence-corrected chi connectivity index (χ4v) is 3.59. The lowest BCUT2D eigenvalue weighted by molar-refractivity contribution is 0.233. The molecule has 2 heterocycles. The molecule has 1 N–H and O–H groups in total. The Kier molecular flexibility index (Phi) is 5.00. The highest BCUT2D eigenvalue weighted by atomic mass is 35.5. The molecule has 0 saturated carbocycles. The van der Waals surface area contributed by atoms with Gasteiger partial charge in [-0.1, -0.05) is 41.4 Å². The summed E-state index contributed by atoms with van der Waals surface area (Å²) in [5.74, 6) is -0.885. The van der Waals surface area contributed by atoms with Crippen LogP contribution in [0.1, 0.15) is 22.4 Å². The minimum atomic E-state index is -0.744. The summed E-state index contributed by atoms with van der Waals surface area (Å²) in [7, 11) is 0. The number of nitrogens with zero attached hydrogens (tertiary/aromatic N) is 2. The van der Waals surface area contributed by atoms with Crippen molar-refractivity contribution >= 4 is 11.6 Å². The molecule has 0 aliphatic carbocycles. The van der Waals surface area contributed by atoms with Gasteiger partial charge in [0.1, 0.15) is 17.5 Å². The minimum Gasteiger partial charge on any atom is -0.306 e. The molecule has 0 spiro atoms. The first-order chi connectivity index (χ1) is 13.4. The van der Waals surface area contributed by atoms with E-state index in [1.165, 1.54) is 6.07 Å². The van der Waals surface area contributed by atoms with E-state index in [-0.39, 0.29) is 22.7 Å². The van der Waals surface area contributed by atoms with Crippen molar-refractivity contribution in [1.29, 1.82) is 0 Å². The van der Waals surface area contributed by atoms with Crippen molar-refractivity contribution < 1.29 is 8.78 Å². The molecule has 4 nitrogen and oxygen atoms in total. The molecule has 0 atom stereocenters. The van der Waals surface area contributed by atoms with Gasteiger partial charge in [-0.05, 0) is 25.5 Å². The lowest BCUT2D eigenvalue weighted by Gasteiger charge is -2.28. The second-order valence-corrected chi connectivity index (χ2v) is 7.40. The highest BCUT2D eigenvalue weighted by Gasteiger charge is 2.24. The normalized spacial score (nSPS) is 14.1. The first-order valence-electron chi connectivity index (χ1n) is 8.96. The second-order valence-electron chi connectivity index (χ2n) is 6.99. The molecule has 7 heteroatoms. The van der Waals surface area contributed by atoms with Gasteiger partial charge in [-0.25, -0.2) is 13.8 Å². The standard InChI is InChI=1S/C21H18ClF2N3O/c1-12-2-4-13(5-3-12)20-25-18-11-27(9-8-14(18)21(28)26-20)10-15-17(23)7-6-16(22)19(15)24/h2-7H,8-11H2,1H3,(H,25,26,28). The van der Waals surface area contributed by atoms with Crippen LogP contribution < -0.4 is 5.56 Å². The molecule has 1 aliphatic heterocycles. The zero-order valence-corrected chi connectivity index (χ0v) is 16.0. The van der Waals surface area contributed by atoms with Crippen LogP contribution in [-0.4, -0.2) is 21.4 Å². The molecular weight excluding hydrogens is 384 g/mol. The highest BCUT2D eigenvalue weighted by molar-refractivity contribution is 6.30. The third-order valence-corrected chi connectivity index (χ3v) is 5.29. The number of rotatable bonds is 3. The number of halogens is 3. The lowest BCUT2D eigenvalue weighted by Crippen LogP contribution is -2.35. The number of aromatic amines is 1. The molecule has 0 amide bonds. The van der Waals surface area contributed by atoms with E-state index in [0.717, 1.165) is 17.2 Å². The number of fused-ring (bicyclic) bond motifs is 1. The van der Waals surface area contributed by atoms with Gasteiger partial charge in [0.05, 0.1) is 10.7 Å². The first-order valence-corrected chi connectivity index (χ1v) is 9.34. The van der Waals surface area contributed by atoms with Crippen LogP contribution in [0.3, 0.4) is 0 Å². The van der Waals surface area contributed by atoms with Crippen LogP contribution in [0, 0.1) is 18.6 Å². The van der Waals surface area contributed by atoms with Crippen molar-refractivity contribution in [2.75, 3.05) is 6.54 Å². The maximum Gasteiger partial charge on any atom is 0.254 e. The highest BCUT2D eigenvalue weighted by Crippen LogP contribution is 2.25. The van der Waals surface area contributed by atoms with Crippen molar-refractivity contribution in [3.05, 3.63) is 85.8 Å². The maximum absolute atomic E-state index is 14.2. The minimum absolute atomic E-state index is 0.0615. The van der Waals surface area contributed by atoms with Gasteiger partial charge in [0.15, 0.2) is 0 Å². The van der Waals surface area contributed by atoms with E-state index in [0.29, 0.717) is 36.6 Å². The van der Waals surface area contributed by atoms with Gasteiger partial charge in [0.25, 0.3) is 5.56 Å². The summed E-state index contributed by atoms with van der Waals surface area (Å²) in [4.78, 5) is 21.8. The predicted molar refractivity (Wildman–Crippen MR) is 104 cm³/mol. The molecule has 1 aromatic heterocycles. The molecule has 0 bridgehead atoms. The number of benzene rings is 2. The molecule has 144 valence electrons. The summed E-state index contributed by atoms with van der Waals surface area (Å²) in [6.07, 6.45) is 0.468. The van der Waals surface area contributed by atoms with Crippen LogP contribution in [0.25, 0.3) is 11.4 Å². The number of nitrogens with one attached hydrogen (secondary N) is 1. The Balaban J connectivity index is 1.64. The van der Waals surface area contributed by atoms with E-state index >= 15 is 0 Å². The van der Waals surface area contributed by atoms with Crippen molar-refractivity contribution in [2.24, 2.45) is 0 Å². The maximum atomic E-state index is 14.2. The van der Waals surface area contributed by atoms with E-state index < -0.39 is 11.6 Å². The van der Waals surface area contributed by atoms with Crippen molar-refractivity contribution in [3.63, 3.8) is 0 Å². The number of hydrogen-bond donors (Lipinski definition) is 1. The lowest BCUT2D eigenvalue weighted by atomic mass is 10.0. The molecule has 1 aliphatic rings. The van der Waals surface area contributed by atoms with Crippen molar-refractivity contribution in [2.45, 2.75) is 26.4 Å². The van der Waals surface area contributed by atoms with Gasteiger partial charge in [-0.2, -0.15) is 0 Å². The molecular formula is C21H18ClF2N3O. The topological polar surface area (TPSA) is 49.0 Å². The Hall–Kier alpha value is -2.57. The molecule has 2 aromatic carbocycles. The largest absolute Gasteiger partial charge is 0.306 e. The SMILES string of the molecule is Cc1ccc(-c2nc3c(c(=O)[nH]2)CCN(Cc2c(F)ccc(Cl)c2F)C3)cc1. The smallest absolute Gasteiger partial charge is 0.254 e. The van der Waals surface area contributed by atoms with E-state index in [4.69, 9.17) is 11.6 Å². The van der Waals surface area contributed by atoms with Gasteiger partial charge in [-0.3, -0.25) is 9.69 Å². The number of aromatic nitrogens is 2. The molecule has 0 saturated heterocycles. The third kappa shape index (κ3) is 3.57. The fraction of sp³-hybridized carbons (Fsp3) is 0.238. The van der Waals surface area contributed by atoms with E-state index in [2.05, 4.69) is 9.97 Å². The Morgan fingerprint density at radius 2 is 1.93 bits per heavy atom. The van der Waals surface area contributed by atoms with Crippen LogP contribution in [0.4, 0.5) is 8.78 Å². The number of aryl methyl sites for hydroxylation is 1. The van der Waals surface area contributed by atoms with Crippen LogP contribution >= 0.6 is 11.6 Å². The Morgan fingerprint density at radius 3 is 2.68 bits per heavy atom. The van der Waals surface area contributed by atoms with Gasteiger partial charge in [-0.15, -0.1) is 0 Å². The monoisotopic (exact) mass is 401 g/mol. The second kappa shape index (κ2) is 7.45. The summed E-state index contributed by atoms with van der Waals surface area (Å²) >= 11 is 5.79. The average molecular weight is 402 g/mol. The van der Waals surface area contributed by atoms with Crippen molar-refractivity contribution in [3.8, 4) is 11.4 Å². The summed E-state index contributed by atoms with van der Waals surface area (Å²) in [6, 6.07) is 10.1. The van der Waals surface area contributed by atoms with Gasteiger partial charge in [0, 0.05) is 36.3 Å². The zero-order chi connectivity index (χ0) is 19.8. The summed E-state index contributed by atoms with van der Waals surface area (Å²) in [5.41, 5.74) is 2.95. The summed E-state index contributed by atoms with van der Waals surface area (Å²) in [6.45, 7) is 2.89. The van der Waals surface area contributed by atoms with E-state index in [1.807, 2.05) is 36.1 Å². The summed E-state index contributed by atoms with van der Waals surface area (Å²) < 4.78 is 28.3. The predicted octanol–water partition coefficient (Wildman–Crippen LogP) is 4.24. The van der Waals surface area contributed by atoms with Crippen LogP contribution in [0.15, 0.2) is 41.2 Å². The molecule has 28 heavy (non-hydrogen) atoms. The number of hydrogen-bond acceptors (Lipinski definition) is 3. The van der Waals surface area contributed by atoms with Gasteiger partial charge in [0.2, 0.25) is 0 Å². The number of H-pyrrole nitrogens is 1.